The Morgan fingerprint density at radius 2 is 1.73 bits per heavy atom. The number of rotatable bonds is 4. The van der Waals surface area contributed by atoms with Gasteiger partial charge >= 0.3 is 0 Å². The van der Waals surface area contributed by atoms with Gasteiger partial charge in [0.05, 0.1) is 12.1 Å². The smallest absolute Gasteiger partial charge is 0.246 e. The molecule has 5 rings (SSSR count). The molecule has 1 saturated carbocycles. The third kappa shape index (κ3) is 6.92. The van der Waals surface area contributed by atoms with Gasteiger partial charge in [-0.15, -0.1) is 0 Å². The number of benzene rings is 2. The lowest BCUT2D eigenvalue weighted by atomic mass is 9.96. The van der Waals surface area contributed by atoms with Crippen LogP contribution in [0, 0.1) is 5.92 Å². The SMILES string of the molecule is CC(C)[C@@H]1NCCOc2ccccc2C2CCC(C2)NC(=O)[C@@H](Cc2c[nH]c3ccccc23)NC(=O)[C@H](C(C)O)N(C)C1=O. The van der Waals surface area contributed by atoms with Crippen LogP contribution in [-0.4, -0.2) is 83.2 Å². The number of fused-ring (bicyclic) bond motifs is 5. The monoisotopic (exact) mass is 603 g/mol. The number of nitrogens with one attached hydrogen (secondary N) is 4. The predicted molar refractivity (Wildman–Crippen MR) is 169 cm³/mol. The first-order valence-corrected chi connectivity index (χ1v) is 15.7. The largest absolute Gasteiger partial charge is 0.492 e. The second-order valence-electron chi connectivity index (χ2n) is 12.5. The van der Waals surface area contributed by atoms with Gasteiger partial charge in [-0.25, -0.2) is 0 Å². The highest BCUT2D eigenvalue weighted by Gasteiger charge is 2.38. The van der Waals surface area contributed by atoms with Crippen LogP contribution >= 0.6 is 0 Å². The average Bonchev–Trinajstić information content (AvgIpc) is 3.63. The Hall–Kier alpha value is -3.89. The molecule has 1 aliphatic carbocycles. The standard InChI is InChI=1S/C34H45N5O5/c1-20(2)30-34(43)39(4)31(21(3)40)33(42)38-28(18-23-19-36-27-11-7-5-9-25(23)27)32(41)37-24-14-13-22(17-24)26-10-6-8-12-29(26)44-16-15-35-30/h5-12,19-22,24,28,30-31,35-36,40H,13-18H2,1-4H3,(H,37,41)(H,38,42)/t21?,22?,24?,28-,30+,31+/m1/s1. The van der Waals surface area contributed by atoms with Gasteiger partial charge in [-0.3, -0.25) is 14.4 Å². The molecule has 1 fully saturated rings. The summed E-state index contributed by atoms with van der Waals surface area (Å²) >= 11 is 0. The van der Waals surface area contributed by atoms with Crippen LogP contribution in [0.15, 0.2) is 54.7 Å². The van der Waals surface area contributed by atoms with Crippen LogP contribution in [0.5, 0.6) is 5.75 Å². The number of carbonyl (C=O) groups excluding carboxylic acids is 3. The van der Waals surface area contributed by atoms with Gasteiger partial charge in [-0.1, -0.05) is 50.2 Å². The molecule has 3 unspecified atom stereocenters. The zero-order valence-corrected chi connectivity index (χ0v) is 26.0. The van der Waals surface area contributed by atoms with Crippen molar-refractivity contribution >= 4 is 28.6 Å². The van der Waals surface area contributed by atoms with E-state index < -0.39 is 30.1 Å². The van der Waals surface area contributed by atoms with Crippen molar-refractivity contribution in [1.82, 2.24) is 25.8 Å². The number of hydrogen-bond acceptors (Lipinski definition) is 6. The average molecular weight is 604 g/mol. The normalized spacial score (nSPS) is 26.4. The molecule has 1 aliphatic heterocycles. The number of hydrogen-bond donors (Lipinski definition) is 5. The van der Waals surface area contributed by atoms with Crippen LogP contribution in [0.3, 0.4) is 0 Å². The maximum atomic E-state index is 13.9. The number of H-pyrrole nitrogens is 1. The summed E-state index contributed by atoms with van der Waals surface area (Å²) in [5, 5.41) is 21.1. The first-order chi connectivity index (χ1) is 21.1. The van der Waals surface area contributed by atoms with E-state index in [1.54, 1.807) is 0 Å². The number of ether oxygens (including phenoxy) is 1. The van der Waals surface area contributed by atoms with E-state index in [9.17, 15) is 19.5 Å². The third-order valence-electron chi connectivity index (χ3n) is 9.02. The lowest BCUT2D eigenvalue weighted by Crippen LogP contribution is -2.61. The lowest BCUT2D eigenvalue weighted by Gasteiger charge is -2.34. The van der Waals surface area contributed by atoms with Gasteiger partial charge in [-0.05, 0) is 61.3 Å². The summed E-state index contributed by atoms with van der Waals surface area (Å²) in [5.41, 5.74) is 2.94. The molecule has 5 N–H and O–H groups in total. The van der Waals surface area contributed by atoms with Crippen molar-refractivity contribution in [1.29, 1.82) is 0 Å². The van der Waals surface area contributed by atoms with Crippen LogP contribution < -0.4 is 20.7 Å². The molecule has 1 aromatic heterocycles. The topological polar surface area (TPSA) is 136 Å². The van der Waals surface area contributed by atoms with E-state index in [1.165, 1.54) is 18.9 Å². The number of likely N-dealkylation sites (N-methyl/N-ethyl adjacent to an activating group) is 1. The van der Waals surface area contributed by atoms with Crippen molar-refractivity contribution in [3.05, 3.63) is 65.9 Å². The maximum absolute atomic E-state index is 13.9. The zero-order chi connectivity index (χ0) is 31.4. The molecular weight excluding hydrogens is 558 g/mol. The Kier molecular flexibility index (Phi) is 9.90. The number of amides is 3. The van der Waals surface area contributed by atoms with E-state index in [0.29, 0.717) is 13.2 Å². The van der Waals surface area contributed by atoms with Crippen LogP contribution in [0.25, 0.3) is 10.9 Å². The molecule has 3 aromatic rings. The van der Waals surface area contributed by atoms with Crippen molar-refractivity contribution in [2.75, 3.05) is 20.2 Å². The predicted octanol–water partition coefficient (Wildman–Crippen LogP) is 2.86. The molecule has 44 heavy (non-hydrogen) atoms. The minimum atomic E-state index is -1.19. The fraction of sp³-hybridized carbons (Fsp3) is 0.500. The van der Waals surface area contributed by atoms with Crippen LogP contribution in [0.2, 0.25) is 0 Å². The van der Waals surface area contributed by atoms with E-state index in [-0.39, 0.29) is 36.1 Å². The summed E-state index contributed by atoms with van der Waals surface area (Å²) < 4.78 is 6.20. The number of para-hydroxylation sites is 2. The Labute approximate surface area is 258 Å². The van der Waals surface area contributed by atoms with E-state index in [2.05, 4.69) is 27.0 Å². The van der Waals surface area contributed by atoms with Gasteiger partial charge < -0.3 is 35.7 Å². The molecule has 2 heterocycles. The molecule has 0 saturated heterocycles. The van der Waals surface area contributed by atoms with Crippen molar-refractivity contribution in [2.24, 2.45) is 5.92 Å². The van der Waals surface area contributed by atoms with Gasteiger partial charge in [0.2, 0.25) is 17.7 Å². The van der Waals surface area contributed by atoms with Gasteiger partial charge in [0.1, 0.15) is 24.4 Å². The number of aromatic amines is 1. The molecule has 2 aliphatic rings. The molecule has 0 spiro atoms. The Balaban J connectivity index is 1.48. The molecule has 3 amide bonds. The summed E-state index contributed by atoms with van der Waals surface area (Å²) in [5.74, 6) is -0.241. The lowest BCUT2D eigenvalue weighted by molar-refractivity contribution is -0.145. The summed E-state index contributed by atoms with van der Waals surface area (Å²) in [6.45, 7) is 6.14. The Morgan fingerprint density at radius 1 is 0.977 bits per heavy atom. The molecule has 2 bridgehead atoms. The number of aliphatic hydroxyl groups is 1. The summed E-state index contributed by atoms with van der Waals surface area (Å²) in [4.78, 5) is 46.0. The number of aromatic nitrogens is 1. The number of carbonyl (C=O) groups is 3. The number of nitrogens with zero attached hydrogens (tertiary/aromatic N) is 1. The second kappa shape index (κ2) is 13.8. The second-order valence-corrected chi connectivity index (χ2v) is 12.5. The van der Waals surface area contributed by atoms with E-state index >= 15 is 0 Å². The van der Waals surface area contributed by atoms with Crippen LogP contribution in [0.4, 0.5) is 0 Å². The van der Waals surface area contributed by atoms with Crippen molar-refractivity contribution in [2.45, 2.75) is 82.6 Å². The summed E-state index contributed by atoms with van der Waals surface area (Å²) in [6.07, 6.45) is 3.41. The molecule has 2 aromatic carbocycles. The number of aliphatic hydroxyl groups excluding tert-OH is 1. The molecule has 6 atom stereocenters. The van der Waals surface area contributed by atoms with Crippen molar-refractivity contribution in [3.63, 3.8) is 0 Å². The van der Waals surface area contributed by atoms with Crippen LogP contribution in [0.1, 0.15) is 57.1 Å². The maximum Gasteiger partial charge on any atom is 0.246 e. The summed E-state index contributed by atoms with van der Waals surface area (Å²) in [7, 11) is 1.52. The minimum absolute atomic E-state index is 0.0629. The Morgan fingerprint density at radius 3 is 2.50 bits per heavy atom. The quantitative estimate of drug-likeness (QED) is 0.311. The highest BCUT2D eigenvalue weighted by molar-refractivity contribution is 5.94. The van der Waals surface area contributed by atoms with Gasteiger partial charge in [0.15, 0.2) is 0 Å². The van der Waals surface area contributed by atoms with Crippen molar-refractivity contribution in [3.8, 4) is 5.75 Å². The van der Waals surface area contributed by atoms with E-state index in [0.717, 1.165) is 47.0 Å². The molecule has 10 nitrogen and oxygen atoms in total. The van der Waals surface area contributed by atoms with Gasteiger partial charge in [-0.2, -0.15) is 0 Å². The highest BCUT2D eigenvalue weighted by Crippen LogP contribution is 2.39. The first kappa shape index (κ1) is 31.5. The van der Waals surface area contributed by atoms with Gasteiger partial charge in [0, 0.05) is 43.2 Å². The highest BCUT2D eigenvalue weighted by atomic mass is 16.5. The first-order valence-electron chi connectivity index (χ1n) is 15.7. The molecule has 236 valence electrons. The van der Waals surface area contributed by atoms with Gasteiger partial charge in [0.25, 0.3) is 0 Å². The fourth-order valence-corrected chi connectivity index (χ4v) is 6.69. The fourth-order valence-electron chi connectivity index (χ4n) is 6.69. The summed E-state index contributed by atoms with van der Waals surface area (Å²) in [6, 6.07) is 13.1. The van der Waals surface area contributed by atoms with E-state index in [1.807, 2.05) is 62.5 Å². The van der Waals surface area contributed by atoms with Crippen molar-refractivity contribution < 1.29 is 24.2 Å². The van der Waals surface area contributed by atoms with Crippen LogP contribution in [-0.2, 0) is 20.8 Å². The molecule has 10 heteroatoms. The molecule has 0 radical (unpaired) electrons. The Bertz CT molecular complexity index is 1470. The zero-order valence-electron chi connectivity index (χ0n) is 26.0. The minimum Gasteiger partial charge on any atom is -0.492 e. The van der Waals surface area contributed by atoms with E-state index in [4.69, 9.17) is 4.74 Å². The third-order valence-corrected chi connectivity index (χ3v) is 9.02. The molecular formula is C34H45N5O5.